The second-order valence-electron chi connectivity index (χ2n) is 3.90. The van der Waals surface area contributed by atoms with Crippen LogP contribution in [0.4, 0.5) is 0 Å². The molecular weight excluding hydrogens is 198 g/mol. The molecule has 0 bridgehead atoms. The van der Waals surface area contributed by atoms with E-state index in [0.29, 0.717) is 18.9 Å². The molecule has 1 amide bonds. The molecule has 0 saturated carbocycles. The first-order chi connectivity index (χ1) is 6.93. The van der Waals surface area contributed by atoms with Gasteiger partial charge in [-0.25, -0.2) is 9.48 Å². The van der Waals surface area contributed by atoms with Gasteiger partial charge in [0.25, 0.3) is 5.91 Å². The zero-order chi connectivity index (χ0) is 11.6. The topological polar surface area (TPSA) is 56.0 Å². The van der Waals surface area contributed by atoms with Crippen LogP contribution in [0.1, 0.15) is 12.8 Å². The minimum absolute atomic E-state index is 0.191. The first-order valence-corrected chi connectivity index (χ1v) is 4.83. The van der Waals surface area contributed by atoms with E-state index in [4.69, 9.17) is 4.84 Å². The number of amides is 1. The van der Waals surface area contributed by atoms with Gasteiger partial charge in [-0.05, 0) is 0 Å². The quantitative estimate of drug-likeness (QED) is 0.349. The van der Waals surface area contributed by atoms with Crippen LogP contribution < -0.4 is 0 Å². The molecule has 86 valence electrons. The van der Waals surface area contributed by atoms with Gasteiger partial charge in [-0.3, -0.25) is 9.63 Å². The molecule has 1 unspecified atom stereocenters. The van der Waals surface area contributed by atoms with E-state index in [1.54, 1.807) is 9.48 Å². The Kier molecular flexibility index (Phi) is 3.52. The van der Waals surface area contributed by atoms with Crippen LogP contribution in [0, 0.1) is 0 Å². The largest absolute Gasteiger partial charge is 0.470 e. The molecule has 0 radical (unpaired) electrons. The van der Waals surface area contributed by atoms with E-state index >= 15 is 0 Å². The Morgan fingerprint density at radius 3 is 2.53 bits per heavy atom. The molecule has 0 aliphatic carbocycles. The molecule has 1 heterocycles. The van der Waals surface area contributed by atoms with Gasteiger partial charge in [0.2, 0.25) is 0 Å². The summed E-state index contributed by atoms with van der Waals surface area (Å²) in [5.41, 5.74) is 0. The van der Waals surface area contributed by atoms with E-state index < -0.39 is 6.23 Å². The highest BCUT2D eigenvalue weighted by Crippen LogP contribution is 2.16. The van der Waals surface area contributed by atoms with Crippen LogP contribution >= 0.6 is 0 Å². The van der Waals surface area contributed by atoms with Crippen molar-refractivity contribution in [3.8, 4) is 0 Å². The molecule has 0 spiro atoms. The molecule has 6 heteroatoms. The van der Waals surface area contributed by atoms with E-state index in [9.17, 15) is 9.90 Å². The van der Waals surface area contributed by atoms with Crippen molar-refractivity contribution in [3.05, 3.63) is 0 Å². The molecular formula is C9H18N3O3+. The maximum absolute atomic E-state index is 11.4. The third-order valence-corrected chi connectivity index (χ3v) is 2.08. The van der Waals surface area contributed by atoms with Gasteiger partial charge < -0.3 is 5.11 Å². The third kappa shape index (κ3) is 2.59. The predicted molar refractivity (Wildman–Crippen MR) is 54.0 cm³/mol. The van der Waals surface area contributed by atoms with Crippen LogP contribution in [0.2, 0.25) is 0 Å². The van der Waals surface area contributed by atoms with Crippen molar-refractivity contribution in [1.82, 2.24) is 9.96 Å². The highest BCUT2D eigenvalue weighted by atomic mass is 16.7. The summed E-state index contributed by atoms with van der Waals surface area (Å²) in [4.78, 5) is 18.5. The first-order valence-electron chi connectivity index (χ1n) is 4.83. The monoisotopic (exact) mass is 216 g/mol. The number of rotatable bonds is 1. The molecule has 0 aromatic rings. The Hall–Kier alpha value is -1.30. The lowest BCUT2D eigenvalue weighted by Crippen LogP contribution is -2.42. The van der Waals surface area contributed by atoms with Crippen LogP contribution in [-0.2, 0) is 9.63 Å². The summed E-state index contributed by atoms with van der Waals surface area (Å²) in [6.45, 7) is 0. The average molecular weight is 216 g/mol. The van der Waals surface area contributed by atoms with E-state index in [2.05, 4.69) is 0 Å². The number of carbonyl (C=O) groups excluding carboxylic acids is 1. The molecule has 1 aliphatic rings. The zero-order valence-corrected chi connectivity index (χ0v) is 9.60. The number of aliphatic hydroxyl groups excluding tert-OH is 1. The van der Waals surface area contributed by atoms with Crippen molar-refractivity contribution in [2.45, 2.75) is 19.1 Å². The maximum Gasteiger partial charge on any atom is 0.470 e. The Bertz CT molecular complexity index is 284. The number of carbonyl (C=O) groups is 1. The smallest absolute Gasteiger partial charge is 0.370 e. The van der Waals surface area contributed by atoms with Gasteiger partial charge in [0.05, 0.1) is 28.2 Å². The van der Waals surface area contributed by atoms with Crippen molar-refractivity contribution in [2.24, 2.45) is 0 Å². The summed E-state index contributed by atoms with van der Waals surface area (Å²) < 4.78 is 1.73. The van der Waals surface area contributed by atoms with Crippen LogP contribution in [0.3, 0.4) is 0 Å². The maximum atomic E-state index is 11.4. The Morgan fingerprint density at radius 1 is 1.60 bits per heavy atom. The van der Waals surface area contributed by atoms with Gasteiger partial charge in [0, 0.05) is 12.8 Å². The highest BCUT2D eigenvalue weighted by Gasteiger charge is 2.34. The lowest BCUT2D eigenvalue weighted by Gasteiger charge is -2.20. The normalized spacial score (nSPS) is 20.5. The fourth-order valence-corrected chi connectivity index (χ4v) is 1.41. The average Bonchev–Trinajstić information content (AvgIpc) is 2.42. The van der Waals surface area contributed by atoms with Gasteiger partial charge in [-0.2, -0.15) is 0 Å². The van der Waals surface area contributed by atoms with Gasteiger partial charge in [-0.15, -0.1) is 5.06 Å². The molecule has 6 nitrogen and oxygen atoms in total. The minimum Gasteiger partial charge on any atom is -0.370 e. The minimum atomic E-state index is -0.840. The fraction of sp³-hybridized carbons (Fsp3) is 0.778. The van der Waals surface area contributed by atoms with Gasteiger partial charge in [0.1, 0.15) is 0 Å². The van der Waals surface area contributed by atoms with Crippen molar-refractivity contribution in [2.75, 3.05) is 28.2 Å². The third-order valence-electron chi connectivity index (χ3n) is 2.08. The van der Waals surface area contributed by atoms with Crippen LogP contribution in [0.25, 0.3) is 0 Å². The standard InChI is InChI=1S/C9H18N3O3/c1-10(2)9(11(3)4)15-12-7(13)5-6-8(12)14/h7,13H,5-6H2,1-4H3/q+1. The second-order valence-corrected chi connectivity index (χ2v) is 3.90. The summed E-state index contributed by atoms with van der Waals surface area (Å²) in [5, 5.41) is 10.5. The van der Waals surface area contributed by atoms with E-state index in [1.807, 2.05) is 28.2 Å². The molecule has 1 aliphatic heterocycles. The SMILES string of the molecule is CN(C)C(ON1C(=O)CCC1O)=[N+](C)C. The Balaban J connectivity index is 2.75. The Labute approximate surface area is 89.3 Å². The van der Waals surface area contributed by atoms with E-state index in [-0.39, 0.29) is 5.91 Å². The lowest BCUT2D eigenvalue weighted by molar-refractivity contribution is -0.486. The van der Waals surface area contributed by atoms with E-state index in [1.165, 1.54) is 0 Å². The second kappa shape index (κ2) is 4.48. The molecule has 1 fully saturated rings. The van der Waals surface area contributed by atoms with Gasteiger partial charge in [0.15, 0.2) is 6.23 Å². The molecule has 1 rings (SSSR count). The number of hydroxylamine groups is 2. The van der Waals surface area contributed by atoms with Gasteiger partial charge in [-0.1, -0.05) is 0 Å². The van der Waals surface area contributed by atoms with Crippen LogP contribution in [0.15, 0.2) is 0 Å². The molecule has 1 saturated heterocycles. The van der Waals surface area contributed by atoms with Crippen molar-refractivity contribution < 1.29 is 19.3 Å². The number of nitrogens with zero attached hydrogens (tertiary/aromatic N) is 3. The Morgan fingerprint density at radius 2 is 2.20 bits per heavy atom. The summed E-state index contributed by atoms with van der Waals surface area (Å²) in [5.74, 6) is -0.191. The van der Waals surface area contributed by atoms with Crippen molar-refractivity contribution >= 4 is 11.9 Å². The lowest BCUT2D eigenvalue weighted by atomic mass is 10.4. The molecule has 0 aromatic carbocycles. The van der Waals surface area contributed by atoms with Crippen LogP contribution in [-0.4, -0.2) is 66.0 Å². The molecule has 1 atom stereocenters. The number of hydrogen-bond acceptors (Lipinski definition) is 3. The fourth-order valence-electron chi connectivity index (χ4n) is 1.41. The number of amidine groups is 1. The predicted octanol–water partition coefficient (Wildman–Crippen LogP) is -0.951. The van der Waals surface area contributed by atoms with E-state index in [0.717, 1.165) is 5.06 Å². The number of hydrogen-bond donors (Lipinski definition) is 1. The molecule has 15 heavy (non-hydrogen) atoms. The zero-order valence-electron chi connectivity index (χ0n) is 9.60. The summed E-state index contributed by atoms with van der Waals surface area (Å²) in [6, 6.07) is 0.504. The van der Waals surface area contributed by atoms with Gasteiger partial charge >= 0.3 is 6.02 Å². The summed E-state index contributed by atoms with van der Waals surface area (Å²) in [6.07, 6.45) is -0.0881. The summed E-state index contributed by atoms with van der Waals surface area (Å²) >= 11 is 0. The number of aliphatic hydroxyl groups is 1. The summed E-state index contributed by atoms with van der Waals surface area (Å²) in [7, 11) is 7.23. The van der Waals surface area contributed by atoms with Crippen LogP contribution in [0.5, 0.6) is 0 Å². The highest BCUT2D eigenvalue weighted by molar-refractivity contribution is 5.79. The molecule has 1 N–H and O–H groups in total. The van der Waals surface area contributed by atoms with Crippen molar-refractivity contribution in [3.63, 3.8) is 0 Å². The molecule has 0 aromatic heterocycles. The first kappa shape index (κ1) is 11.8. The van der Waals surface area contributed by atoms with Crippen molar-refractivity contribution in [1.29, 1.82) is 0 Å².